The highest BCUT2D eigenvalue weighted by atomic mass is 32.2. The monoisotopic (exact) mass is 222 g/mol. The van der Waals surface area contributed by atoms with Gasteiger partial charge in [0.1, 0.15) is 6.04 Å². The number of hydrogen-bond acceptors (Lipinski definition) is 5. The Morgan fingerprint density at radius 3 is 2.29 bits per heavy atom. The van der Waals surface area contributed by atoms with E-state index in [1.807, 2.05) is 0 Å². The van der Waals surface area contributed by atoms with Gasteiger partial charge in [-0.15, -0.1) is 11.8 Å². The van der Waals surface area contributed by atoms with Gasteiger partial charge in [-0.1, -0.05) is 0 Å². The van der Waals surface area contributed by atoms with Crippen molar-refractivity contribution in [2.24, 2.45) is 11.5 Å². The molecule has 0 aliphatic heterocycles. The fourth-order valence-electron chi connectivity index (χ4n) is 0.648. The molecule has 82 valence electrons. The summed E-state index contributed by atoms with van der Waals surface area (Å²) in [6, 6.07) is -0.948. The molecule has 0 aromatic carbocycles. The van der Waals surface area contributed by atoms with Crippen LogP contribution in [0.15, 0.2) is 0 Å². The predicted octanol–water partition coefficient (Wildman–Crippen LogP) is -0.719. The van der Waals surface area contributed by atoms with E-state index < -0.39 is 18.0 Å². The number of aliphatic carboxylic acids is 2. The Bertz CT molecular complexity index is 212. The van der Waals surface area contributed by atoms with Gasteiger partial charge >= 0.3 is 11.9 Å². The zero-order valence-corrected chi connectivity index (χ0v) is 8.37. The zero-order valence-electron chi connectivity index (χ0n) is 7.55. The van der Waals surface area contributed by atoms with Crippen LogP contribution in [0.1, 0.15) is 12.8 Å². The van der Waals surface area contributed by atoms with Crippen LogP contribution < -0.4 is 11.5 Å². The van der Waals surface area contributed by atoms with Crippen molar-refractivity contribution in [2.75, 3.05) is 5.75 Å². The molecular formula is C7H14N2O4S. The van der Waals surface area contributed by atoms with Gasteiger partial charge in [-0.25, -0.2) is 0 Å². The number of carboxylic acid groups (broad SMARTS) is 2. The Hall–Kier alpha value is -0.790. The minimum Gasteiger partial charge on any atom is -0.481 e. The highest BCUT2D eigenvalue weighted by Crippen LogP contribution is 2.11. The molecule has 0 aliphatic carbocycles. The lowest BCUT2D eigenvalue weighted by molar-refractivity contribution is -0.138. The lowest BCUT2D eigenvalue weighted by Crippen LogP contribution is -2.34. The predicted molar refractivity (Wildman–Crippen MR) is 52.9 cm³/mol. The van der Waals surface area contributed by atoms with Crippen LogP contribution in [-0.2, 0) is 9.59 Å². The molecule has 14 heavy (non-hydrogen) atoms. The van der Waals surface area contributed by atoms with E-state index >= 15 is 0 Å². The summed E-state index contributed by atoms with van der Waals surface area (Å²) in [5, 5.41) is 16.4. The molecule has 0 fully saturated rings. The fourth-order valence-corrected chi connectivity index (χ4v) is 1.53. The summed E-state index contributed by atoms with van der Waals surface area (Å²) in [6.07, 6.45) is 0.294. The molecule has 6 N–H and O–H groups in total. The van der Waals surface area contributed by atoms with Gasteiger partial charge in [-0.3, -0.25) is 9.59 Å². The van der Waals surface area contributed by atoms with Gasteiger partial charge in [0.05, 0.1) is 5.37 Å². The third-order valence-corrected chi connectivity index (χ3v) is 2.67. The summed E-state index contributed by atoms with van der Waals surface area (Å²) in [6.45, 7) is 0. The first-order valence-corrected chi connectivity index (χ1v) is 5.05. The van der Waals surface area contributed by atoms with Crippen molar-refractivity contribution in [3.63, 3.8) is 0 Å². The molecule has 0 spiro atoms. The maximum atomic E-state index is 10.3. The maximum Gasteiger partial charge on any atom is 0.321 e. The van der Waals surface area contributed by atoms with Crippen LogP contribution in [-0.4, -0.2) is 39.3 Å². The van der Waals surface area contributed by atoms with E-state index in [4.69, 9.17) is 21.7 Å². The summed E-state index contributed by atoms with van der Waals surface area (Å²) in [7, 11) is 0. The van der Waals surface area contributed by atoms with Gasteiger partial charge in [0, 0.05) is 12.2 Å². The standard InChI is InChI=1S/C7H14N2O4S/c8-4(7(12)13)3-14-5(9)1-2-6(10)11/h4-5H,1-3,8-9H2,(H,10,11)(H,12,13)/t4?,5-/m1/s1. The highest BCUT2D eigenvalue weighted by molar-refractivity contribution is 7.99. The number of carbonyl (C=O) groups is 2. The van der Waals surface area contributed by atoms with E-state index in [0.717, 1.165) is 11.8 Å². The molecule has 1 unspecified atom stereocenters. The second-order valence-corrected chi connectivity index (χ2v) is 4.02. The van der Waals surface area contributed by atoms with Gasteiger partial charge in [0.15, 0.2) is 0 Å². The number of rotatable bonds is 7. The number of hydrogen-bond donors (Lipinski definition) is 4. The van der Waals surface area contributed by atoms with E-state index in [1.54, 1.807) is 0 Å². The minimum absolute atomic E-state index is 0.0174. The van der Waals surface area contributed by atoms with Gasteiger partial charge in [-0.2, -0.15) is 0 Å². The van der Waals surface area contributed by atoms with Gasteiger partial charge in [-0.05, 0) is 6.42 Å². The molecule has 0 aromatic heterocycles. The molecule has 0 radical (unpaired) electrons. The van der Waals surface area contributed by atoms with Gasteiger partial charge < -0.3 is 21.7 Å². The maximum absolute atomic E-state index is 10.3. The second kappa shape index (κ2) is 6.63. The first kappa shape index (κ1) is 13.2. The molecule has 0 saturated carbocycles. The normalized spacial score (nSPS) is 14.7. The van der Waals surface area contributed by atoms with Crippen LogP contribution in [0.2, 0.25) is 0 Å². The average Bonchev–Trinajstić information content (AvgIpc) is 2.10. The summed E-state index contributed by atoms with van der Waals surface area (Å²) in [4.78, 5) is 20.5. The Morgan fingerprint density at radius 1 is 1.29 bits per heavy atom. The van der Waals surface area contributed by atoms with E-state index in [2.05, 4.69) is 0 Å². The molecule has 7 heteroatoms. The molecule has 0 saturated heterocycles. The zero-order chi connectivity index (χ0) is 11.1. The molecule has 0 aliphatic rings. The SMILES string of the molecule is NC(CS[C@@H](N)CCC(=O)O)C(=O)O. The lowest BCUT2D eigenvalue weighted by Gasteiger charge is -2.11. The largest absolute Gasteiger partial charge is 0.481 e. The van der Waals surface area contributed by atoms with Crippen molar-refractivity contribution in [1.29, 1.82) is 0 Å². The third-order valence-electron chi connectivity index (χ3n) is 1.45. The summed E-state index contributed by atoms with van der Waals surface area (Å²) < 4.78 is 0. The van der Waals surface area contributed by atoms with E-state index in [0.29, 0.717) is 6.42 Å². The molecule has 0 heterocycles. The van der Waals surface area contributed by atoms with Gasteiger partial charge in [0.25, 0.3) is 0 Å². The summed E-state index contributed by atoms with van der Waals surface area (Å²) in [5.41, 5.74) is 10.8. The summed E-state index contributed by atoms with van der Waals surface area (Å²) >= 11 is 1.16. The molecule has 0 amide bonds. The topological polar surface area (TPSA) is 127 Å². The fraction of sp³-hybridized carbons (Fsp3) is 0.714. The quantitative estimate of drug-likeness (QED) is 0.419. The highest BCUT2D eigenvalue weighted by Gasteiger charge is 2.14. The molecule has 0 aromatic rings. The van der Waals surface area contributed by atoms with Crippen LogP contribution in [0, 0.1) is 0 Å². The van der Waals surface area contributed by atoms with Crippen LogP contribution in [0.4, 0.5) is 0 Å². The first-order valence-electron chi connectivity index (χ1n) is 4.01. The van der Waals surface area contributed by atoms with Crippen molar-refractivity contribution in [2.45, 2.75) is 24.3 Å². The van der Waals surface area contributed by atoms with E-state index in [9.17, 15) is 9.59 Å². The van der Waals surface area contributed by atoms with Crippen molar-refractivity contribution < 1.29 is 19.8 Å². The molecule has 0 bridgehead atoms. The molecular weight excluding hydrogens is 208 g/mol. The average molecular weight is 222 g/mol. The molecule has 6 nitrogen and oxygen atoms in total. The van der Waals surface area contributed by atoms with Crippen LogP contribution in [0.5, 0.6) is 0 Å². The number of thioether (sulfide) groups is 1. The van der Waals surface area contributed by atoms with Gasteiger partial charge in [0.2, 0.25) is 0 Å². The van der Waals surface area contributed by atoms with E-state index in [-0.39, 0.29) is 17.5 Å². The number of carboxylic acids is 2. The lowest BCUT2D eigenvalue weighted by atomic mass is 10.3. The van der Waals surface area contributed by atoms with Crippen molar-refractivity contribution in [1.82, 2.24) is 0 Å². The Balaban J connectivity index is 3.58. The Kier molecular flexibility index (Phi) is 6.26. The van der Waals surface area contributed by atoms with Crippen molar-refractivity contribution in [3.05, 3.63) is 0 Å². The number of nitrogens with two attached hydrogens (primary N) is 2. The minimum atomic E-state index is -1.08. The Morgan fingerprint density at radius 2 is 1.86 bits per heavy atom. The third kappa shape index (κ3) is 6.70. The van der Waals surface area contributed by atoms with Crippen LogP contribution in [0.25, 0.3) is 0 Å². The smallest absolute Gasteiger partial charge is 0.321 e. The molecule has 2 atom stereocenters. The summed E-state index contributed by atoms with van der Waals surface area (Å²) in [5.74, 6) is -1.80. The van der Waals surface area contributed by atoms with E-state index in [1.165, 1.54) is 0 Å². The van der Waals surface area contributed by atoms with Crippen molar-refractivity contribution in [3.8, 4) is 0 Å². The molecule has 0 rings (SSSR count). The first-order chi connectivity index (χ1) is 6.43. The van der Waals surface area contributed by atoms with Crippen LogP contribution >= 0.6 is 11.8 Å². The van der Waals surface area contributed by atoms with Crippen molar-refractivity contribution >= 4 is 23.7 Å². The Labute approximate surface area is 85.6 Å². The second-order valence-electron chi connectivity index (χ2n) is 2.75. The van der Waals surface area contributed by atoms with Crippen LogP contribution in [0.3, 0.4) is 0 Å².